The van der Waals surface area contributed by atoms with Crippen molar-refractivity contribution >= 4 is 11.9 Å². The number of carboxylic acid groups (broad SMARTS) is 1. The molecule has 0 aromatic heterocycles. The van der Waals surface area contributed by atoms with Gasteiger partial charge in [0.25, 0.3) is 0 Å². The van der Waals surface area contributed by atoms with Crippen LogP contribution in [0.4, 0.5) is 0 Å². The zero-order valence-electron chi connectivity index (χ0n) is 9.32. The van der Waals surface area contributed by atoms with Crippen LogP contribution < -0.4 is 5.73 Å². The van der Waals surface area contributed by atoms with E-state index in [0.29, 0.717) is 19.5 Å². The molecule has 0 spiro atoms. The molecule has 0 aromatic carbocycles. The molecule has 0 aromatic rings. The Hall–Kier alpha value is -1.10. The zero-order chi connectivity index (χ0) is 11.8. The Morgan fingerprint density at radius 3 is 2.44 bits per heavy atom. The fraction of sp³-hybridized carbons (Fsp3) is 0.818. The number of nitrogens with two attached hydrogens (primary N) is 1. The Kier molecular flexibility index (Phi) is 2.88. The van der Waals surface area contributed by atoms with Gasteiger partial charge in [0, 0.05) is 13.1 Å². The molecule has 1 heterocycles. The molecule has 16 heavy (non-hydrogen) atoms. The normalized spacial score (nSPS) is 28.3. The third-order valence-electron chi connectivity index (χ3n) is 3.75. The van der Waals surface area contributed by atoms with E-state index in [1.165, 1.54) is 0 Å². The fourth-order valence-corrected chi connectivity index (χ4v) is 2.68. The van der Waals surface area contributed by atoms with Crippen LogP contribution in [0.15, 0.2) is 0 Å². The number of likely N-dealkylation sites (tertiary alicyclic amines) is 1. The van der Waals surface area contributed by atoms with Crippen LogP contribution in [0.5, 0.6) is 0 Å². The Morgan fingerprint density at radius 1 is 1.31 bits per heavy atom. The number of carbonyl (C=O) groups excluding carboxylic acids is 1. The molecule has 1 aliphatic carbocycles. The highest BCUT2D eigenvalue weighted by atomic mass is 16.4. The summed E-state index contributed by atoms with van der Waals surface area (Å²) in [5.74, 6) is -1.27. The van der Waals surface area contributed by atoms with Crippen molar-refractivity contribution in [3.63, 3.8) is 0 Å². The van der Waals surface area contributed by atoms with Gasteiger partial charge in [-0.05, 0) is 19.3 Å². The number of amides is 1. The molecule has 5 nitrogen and oxygen atoms in total. The highest BCUT2D eigenvalue weighted by molar-refractivity contribution is 5.87. The van der Waals surface area contributed by atoms with Crippen molar-refractivity contribution in [1.29, 1.82) is 0 Å². The lowest BCUT2D eigenvalue weighted by molar-refractivity contribution is -0.141. The van der Waals surface area contributed by atoms with Crippen molar-refractivity contribution in [3.8, 4) is 0 Å². The minimum Gasteiger partial charge on any atom is -0.481 e. The molecule has 0 bridgehead atoms. The quantitative estimate of drug-likeness (QED) is 0.704. The highest BCUT2D eigenvalue weighted by Gasteiger charge is 2.42. The molecule has 1 amide bonds. The molecule has 1 unspecified atom stereocenters. The first kappa shape index (κ1) is 11.4. The van der Waals surface area contributed by atoms with Gasteiger partial charge in [-0.25, -0.2) is 0 Å². The van der Waals surface area contributed by atoms with Crippen molar-refractivity contribution in [2.75, 3.05) is 13.1 Å². The molecule has 2 fully saturated rings. The van der Waals surface area contributed by atoms with Crippen molar-refractivity contribution in [3.05, 3.63) is 0 Å². The first-order chi connectivity index (χ1) is 7.53. The summed E-state index contributed by atoms with van der Waals surface area (Å²) in [7, 11) is 0. The monoisotopic (exact) mass is 226 g/mol. The van der Waals surface area contributed by atoms with E-state index in [1.807, 2.05) is 0 Å². The Balaban J connectivity index is 1.99. The minimum atomic E-state index is -0.812. The molecule has 1 saturated heterocycles. The third kappa shape index (κ3) is 1.91. The van der Waals surface area contributed by atoms with E-state index in [0.717, 1.165) is 25.7 Å². The van der Waals surface area contributed by atoms with E-state index >= 15 is 0 Å². The topological polar surface area (TPSA) is 83.6 Å². The summed E-state index contributed by atoms with van der Waals surface area (Å²) in [6, 6.07) is 0. The average Bonchev–Trinajstić information content (AvgIpc) is 2.85. The molecular weight excluding hydrogens is 208 g/mol. The number of carboxylic acids is 1. The number of rotatable bonds is 2. The van der Waals surface area contributed by atoms with Gasteiger partial charge >= 0.3 is 5.97 Å². The van der Waals surface area contributed by atoms with Gasteiger partial charge in [0.1, 0.15) is 0 Å². The van der Waals surface area contributed by atoms with Crippen LogP contribution in [0, 0.1) is 5.92 Å². The summed E-state index contributed by atoms with van der Waals surface area (Å²) in [5.41, 5.74) is 5.35. The molecule has 5 heteroatoms. The molecule has 3 N–H and O–H groups in total. The first-order valence-corrected chi connectivity index (χ1v) is 5.84. The van der Waals surface area contributed by atoms with Crippen LogP contribution in [-0.4, -0.2) is 40.5 Å². The number of nitrogens with zero attached hydrogens (tertiary/aromatic N) is 1. The smallest absolute Gasteiger partial charge is 0.308 e. The van der Waals surface area contributed by atoms with E-state index in [9.17, 15) is 9.59 Å². The minimum absolute atomic E-state index is 0.0475. The number of carbonyl (C=O) groups is 2. The maximum absolute atomic E-state index is 12.1. The summed E-state index contributed by atoms with van der Waals surface area (Å²) < 4.78 is 0. The van der Waals surface area contributed by atoms with Crippen molar-refractivity contribution in [2.45, 2.75) is 37.6 Å². The van der Waals surface area contributed by atoms with Crippen LogP contribution in [0.2, 0.25) is 0 Å². The lowest BCUT2D eigenvalue weighted by Crippen LogP contribution is -2.53. The maximum atomic E-state index is 12.1. The molecule has 2 rings (SSSR count). The van der Waals surface area contributed by atoms with Crippen molar-refractivity contribution in [1.82, 2.24) is 4.90 Å². The van der Waals surface area contributed by atoms with Crippen LogP contribution in [0.25, 0.3) is 0 Å². The van der Waals surface area contributed by atoms with Gasteiger partial charge in [-0.1, -0.05) is 12.8 Å². The molecule has 1 saturated carbocycles. The number of hydrogen-bond acceptors (Lipinski definition) is 3. The van der Waals surface area contributed by atoms with Gasteiger partial charge in [0.15, 0.2) is 0 Å². The largest absolute Gasteiger partial charge is 0.481 e. The SMILES string of the molecule is NC1(C(=O)N2CCC(C(=O)O)C2)CCCC1. The summed E-state index contributed by atoms with van der Waals surface area (Å²) in [4.78, 5) is 24.6. The van der Waals surface area contributed by atoms with Crippen molar-refractivity contribution in [2.24, 2.45) is 11.7 Å². The molecular formula is C11H18N2O3. The second-order valence-electron chi connectivity index (χ2n) is 4.94. The molecule has 0 radical (unpaired) electrons. The van der Waals surface area contributed by atoms with E-state index in [2.05, 4.69) is 0 Å². The summed E-state index contributed by atoms with van der Waals surface area (Å²) in [5, 5.41) is 8.87. The van der Waals surface area contributed by atoms with Gasteiger partial charge < -0.3 is 15.7 Å². The number of hydrogen-bond donors (Lipinski definition) is 2. The Morgan fingerprint density at radius 2 is 1.94 bits per heavy atom. The lowest BCUT2D eigenvalue weighted by atomic mass is 9.97. The number of aliphatic carboxylic acids is 1. The molecule has 90 valence electrons. The fourth-order valence-electron chi connectivity index (χ4n) is 2.68. The van der Waals surface area contributed by atoms with E-state index < -0.39 is 17.4 Å². The molecule has 2 aliphatic rings. The Bertz CT molecular complexity index is 310. The summed E-state index contributed by atoms with van der Waals surface area (Å²) in [6.45, 7) is 0.863. The summed E-state index contributed by atoms with van der Waals surface area (Å²) >= 11 is 0. The van der Waals surface area contributed by atoms with Gasteiger partial charge in [0.05, 0.1) is 11.5 Å². The van der Waals surface area contributed by atoms with Crippen molar-refractivity contribution < 1.29 is 14.7 Å². The van der Waals surface area contributed by atoms with Gasteiger partial charge in [0.2, 0.25) is 5.91 Å². The molecule has 1 aliphatic heterocycles. The predicted molar refractivity (Wildman–Crippen MR) is 57.7 cm³/mol. The maximum Gasteiger partial charge on any atom is 0.308 e. The van der Waals surface area contributed by atoms with Crippen LogP contribution in [-0.2, 0) is 9.59 Å². The second-order valence-corrected chi connectivity index (χ2v) is 4.94. The summed E-state index contributed by atoms with van der Waals surface area (Å²) in [6.07, 6.45) is 4.02. The van der Waals surface area contributed by atoms with Gasteiger partial charge in [-0.15, -0.1) is 0 Å². The van der Waals surface area contributed by atoms with E-state index in [4.69, 9.17) is 10.8 Å². The molecule has 1 atom stereocenters. The lowest BCUT2D eigenvalue weighted by Gasteiger charge is -2.28. The second kappa shape index (κ2) is 4.05. The highest BCUT2D eigenvalue weighted by Crippen LogP contribution is 2.30. The van der Waals surface area contributed by atoms with E-state index in [1.54, 1.807) is 4.90 Å². The van der Waals surface area contributed by atoms with E-state index in [-0.39, 0.29) is 5.91 Å². The average molecular weight is 226 g/mol. The Labute approximate surface area is 94.6 Å². The van der Waals surface area contributed by atoms with Gasteiger partial charge in [-0.2, -0.15) is 0 Å². The van der Waals surface area contributed by atoms with Crippen LogP contribution in [0.3, 0.4) is 0 Å². The van der Waals surface area contributed by atoms with Gasteiger partial charge in [-0.3, -0.25) is 9.59 Å². The standard InChI is InChI=1S/C11H18N2O3/c12-11(4-1-2-5-11)10(16)13-6-3-8(7-13)9(14)15/h8H,1-7,12H2,(H,14,15). The zero-order valence-corrected chi connectivity index (χ0v) is 9.32. The van der Waals surface area contributed by atoms with Crippen LogP contribution >= 0.6 is 0 Å². The third-order valence-corrected chi connectivity index (χ3v) is 3.75. The first-order valence-electron chi connectivity index (χ1n) is 5.84. The van der Waals surface area contributed by atoms with Crippen LogP contribution in [0.1, 0.15) is 32.1 Å². The predicted octanol–water partition coefficient (Wildman–Crippen LogP) is 0.191.